The summed E-state index contributed by atoms with van der Waals surface area (Å²) in [5.74, 6) is 4.94. The number of hydrogen-bond acceptors (Lipinski definition) is 6. The van der Waals surface area contributed by atoms with Gasteiger partial charge in [-0.1, -0.05) is 41.9 Å². The monoisotopic (exact) mass is 491 g/mol. The Morgan fingerprint density at radius 2 is 1.88 bits per heavy atom. The summed E-state index contributed by atoms with van der Waals surface area (Å²) in [6.45, 7) is 0.506. The predicted octanol–water partition coefficient (Wildman–Crippen LogP) is 3.38. The molecule has 1 aliphatic rings. The molecule has 1 saturated carbocycles. The average Bonchev–Trinajstić information content (AvgIpc) is 2.82. The zero-order valence-corrected chi connectivity index (χ0v) is 19.9. The number of nitrogens with two attached hydrogens (primary N) is 1. The van der Waals surface area contributed by atoms with E-state index in [1.165, 1.54) is 25.3 Å². The maximum Gasteiger partial charge on any atom is 0.211 e. The normalized spacial score (nSPS) is 12.6. The summed E-state index contributed by atoms with van der Waals surface area (Å²) in [5, 5.41) is 11.9. The van der Waals surface area contributed by atoms with Crippen LogP contribution in [0, 0.1) is 5.82 Å². The van der Waals surface area contributed by atoms with Gasteiger partial charge in [0.2, 0.25) is 12.8 Å². The molecule has 0 aliphatic heterocycles. The Bertz CT molecular complexity index is 939. The van der Waals surface area contributed by atoms with Gasteiger partial charge in [-0.05, 0) is 44.9 Å². The fourth-order valence-corrected chi connectivity index (χ4v) is 3.13. The highest BCUT2D eigenvalue weighted by atomic mass is 35.5. The van der Waals surface area contributed by atoms with Crippen LogP contribution in [0.4, 0.5) is 10.1 Å². The van der Waals surface area contributed by atoms with Crippen LogP contribution >= 0.6 is 11.6 Å². The van der Waals surface area contributed by atoms with Crippen LogP contribution < -0.4 is 21.8 Å². The van der Waals surface area contributed by atoms with Crippen molar-refractivity contribution in [1.29, 1.82) is 0 Å². The van der Waals surface area contributed by atoms with Gasteiger partial charge in [-0.2, -0.15) is 5.10 Å². The van der Waals surface area contributed by atoms with Gasteiger partial charge < -0.3 is 26.6 Å². The molecule has 184 valence electrons. The van der Waals surface area contributed by atoms with E-state index in [2.05, 4.69) is 21.1 Å². The second kappa shape index (κ2) is 17.2. The maximum absolute atomic E-state index is 13.0. The van der Waals surface area contributed by atoms with E-state index in [1.807, 2.05) is 6.07 Å². The Morgan fingerprint density at radius 1 is 1.15 bits per heavy atom. The zero-order chi connectivity index (χ0) is 25.2. The lowest BCUT2D eigenvalue weighted by molar-refractivity contribution is -0.110. The number of amides is 2. The molecule has 0 heterocycles. The van der Waals surface area contributed by atoms with Gasteiger partial charge in [0.1, 0.15) is 12.1 Å². The first-order valence-corrected chi connectivity index (χ1v) is 11.2. The van der Waals surface area contributed by atoms with Crippen LogP contribution in [0.5, 0.6) is 0 Å². The van der Waals surface area contributed by atoms with Gasteiger partial charge in [0.05, 0.1) is 10.7 Å². The minimum atomic E-state index is -0.330. The number of benzene rings is 2. The molecular formula is C24H31ClFN5O3. The molecule has 0 aromatic heterocycles. The number of carbonyl (C=O) groups excluding carboxylic acids is 3. The number of rotatable bonds is 10. The zero-order valence-electron chi connectivity index (χ0n) is 19.1. The summed E-state index contributed by atoms with van der Waals surface area (Å²) in [7, 11) is 1.76. The summed E-state index contributed by atoms with van der Waals surface area (Å²) in [5.41, 5.74) is 2.56. The van der Waals surface area contributed by atoms with Crippen LogP contribution in [0.15, 0.2) is 47.6 Å². The Labute approximate surface area is 204 Å². The van der Waals surface area contributed by atoms with Crippen molar-refractivity contribution in [2.45, 2.75) is 44.7 Å². The first kappa shape index (κ1) is 28.7. The largest absolute Gasteiger partial charge is 0.356 e. The number of hydrazone groups is 1. The van der Waals surface area contributed by atoms with Crippen molar-refractivity contribution >= 4 is 42.1 Å². The molecule has 2 aromatic rings. The Balaban J connectivity index is 0.000000276. The summed E-state index contributed by atoms with van der Waals surface area (Å²) in [6.07, 6.45) is 6.63. The van der Waals surface area contributed by atoms with Gasteiger partial charge in [-0.25, -0.2) is 4.39 Å². The highest BCUT2D eigenvalue weighted by Crippen LogP contribution is 2.18. The number of anilines is 1. The fourth-order valence-electron chi connectivity index (χ4n) is 2.94. The van der Waals surface area contributed by atoms with Gasteiger partial charge >= 0.3 is 0 Å². The Hall–Kier alpha value is -3.30. The molecule has 1 fully saturated rings. The molecule has 0 atom stereocenters. The maximum atomic E-state index is 13.0. The van der Waals surface area contributed by atoms with Crippen LogP contribution in [-0.2, 0) is 20.9 Å². The number of aldehydes is 1. The van der Waals surface area contributed by atoms with E-state index < -0.39 is 0 Å². The van der Waals surface area contributed by atoms with Crippen LogP contribution in [-0.4, -0.2) is 37.9 Å². The van der Waals surface area contributed by atoms with Crippen molar-refractivity contribution < 1.29 is 18.8 Å². The lowest BCUT2D eigenvalue weighted by Crippen LogP contribution is -2.33. The number of hydrogen-bond donors (Lipinski definition) is 4. The quantitative estimate of drug-likeness (QED) is 0.175. The number of nitrogens with one attached hydrogen (secondary N) is 3. The molecule has 0 saturated heterocycles. The van der Waals surface area contributed by atoms with Gasteiger partial charge in [-0.3, -0.25) is 9.59 Å². The molecule has 3 rings (SSSR count). The molecule has 1 aliphatic carbocycles. The fraction of sp³-hybridized carbons (Fsp3) is 0.333. The lowest BCUT2D eigenvalue weighted by atomic mass is 9.94. The van der Waals surface area contributed by atoms with E-state index in [9.17, 15) is 18.8 Å². The number of para-hydroxylation sites is 1. The molecule has 2 amide bonds. The Kier molecular flexibility index (Phi) is 14.5. The van der Waals surface area contributed by atoms with E-state index in [0.717, 1.165) is 18.3 Å². The minimum absolute atomic E-state index is 0.178. The Morgan fingerprint density at radius 3 is 2.41 bits per heavy atom. The molecule has 8 nitrogen and oxygen atoms in total. The van der Waals surface area contributed by atoms with Gasteiger partial charge in [0, 0.05) is 35.8 Å². The van der Waals surface area contributed by atoms with Crippen molar-refractivity contribution in [3.8, 4) is 0 Å². The molecule has 2 aromatic carbocycles. The molecular weight excluding hydrogens is 461 g/mol. The summed E-state index contributed by atoms with van der Waals surface area (Å²) in [6, 6.07) is 12.6. The van der Waals surface area contributed by atoms with Crippen molar-refractivity contribution in [2.75, 3.05) is 12.4 Å². The first-order valence-electron chi connectivity index (χ1n) is 10.8. The van der Waals surface area contributed by atoms with Crippen molar-refractivity contribution in [2.24, 2.45) is 10.9 Å². The molecule has 0 spiro atoms. The second-order valence-electron chi connectivity index (χ2n) is 7.24. The number of halogens is 2. The van der Waals surface area contributed by atoms with Crippen molar-refractivity contribution in [1.82, 2.24) is 10.6 Å². The third-order valence-electron chi connectivity index (χ3n) is 4.91. The van der Waals surface area contributed by atoms with E-state index in [1.54, 1.807) is 37.4 Å². The molecule has 34 heavy (non-hydrogen) atoms. The van der Waals surface area contributed by atoms with Crippen molar-refractivity contribution in [3.63, 3.8) is 0 Å². The molecule has 0 unspecified atom stereocenters. The number of nitrogens with zero attached hydrogens (tertiary/aromatic N) is 1. The third-order valence-corrected chi connectivity index (χ3v) is 5.21. The highest BCUT2D eigenvalue weighted by Gasteiger charge is 2.14. The standard InChI is InChI=1S/C11H13N3O2.C8H9ClFN.C5H9NO/c12-14-11(6-3-7-15)9-4-1-2-5-10(9)13-8-16;1-11-5-6-3-2-4-7(9)8(6)10;7-4-6-5-2-1-3-5/h1-2,4-5,7-8H,3,6,12H2,(H,13,16);2-4,11H,5H2,1H3;4-5H,1-3H2,(H,6,7)/b14-11-;;. The van der Waals surface area contributed by atoms with Crippen LogP contribution in [0.1, 0.15) is 43.2 Å². The third kappa shape index (κ3) is 10.1. The van der Waals surface area contributed by atoms with E-state index in [4.69, 9.17) is 17.4 Å². The molecule has 0 bridgehead atoms. The summed E-state index contributed by atoms with van der Waals surface area (Å²) >= 11 is 5.55. The predicted molar refractivity (Wildman–Crippen MR) is 133 cm³/mol. The minimum Gasteiger partial charge on any atom is -0.356 e. The topological polar surface area (TPSA) is 126 Å². The molecule has 5 N–H and O–H groups in total. The van der Waals surface area contributed by atoms with E-state index >= 15 is 0 Å². The van der Waals surface area contributed by atoms with Gasteiger partial charge in [0.15, 0.2) is 0 Å². The van der Waals surface area contributed by atoms with Crippen molar-refractivity contribution in [3.05, 3.63) is 64.4 Å². The lowest BCUT2D eigenvalue weighted by Gasteiger charge is -2.23. The van der Waals surface area contributed by atoms with Gasteiger partial charge in [0.25, 0.3) is 0 Å². The van der Waals surface area contributed by atoms with Gasteiger partial charge in [-0.15, -0.1) is 0 Å². The molecule has 0 radical (unpaired) electrons. The van der Waals surface area contributed by atoms with Crippen LogP contribution in [0.25, 0.3) is 0 Å². The second-order valence-corrected chi connectivity index (χ2v) is 7.65. The van der Waals surface area contributed by atoms with E-state index in [-0.39, 0.29) is 10.8 Å². The van der Waals surface area contributed by atoms with Crippen LogP contribution in [0.2, 0.25) is 5.02 Å². The van der Waals surface area contributed by atoms with Crippen LogP contribution in [0.3, 0.4) is 0 Å². The smallest absolute Gasteiger partial charge is 0.211 e. The van der Waals surface area contributed by atoms with E-state index in [0.29, 0.717) is 48.8 Å². The average molecular weight is 492 g/mol. The SMILES string of the molecule is CNCc1cccc(Cl)c1F.N/N=C(/CCC=O)c1ccccc1NC=O.O=CNC1CCC1. The highest BCUT2D eigenvalue weighted by molar-refractivity contribution is 6.30. The summed E-state index contributed by atoms with van der Waals surface area (Å²) in [4.78, 5) is 30.4. The first-order chi connectivity index (χ1) is 16.5. The summed E-state index contributed by atoms with van der Waals surface area (Å²) < 4.78 is 13.0. The number of carbonyl (C=O) groups is 3. The molecule has 10 heteroatoms.